The van der Waals surface area contributed by atoms with Crippen LogP contribution in [-0.4, -0.2) is 16.9 Å². The van der Waals surface area contributed by atoms with Crippen LogP contribution in [0, 0.1) is 11.7 Å². The SMILES string of the molecule is NC(=S)C1CCCC1NC(=O)Cc1c(F)cccc1Cl. The molecular weight excluding hydrogens is 299 g/mol. The monoisotopic (exact) mass is 314 g/mol. The van der Waals surface area contributed by atoms with Crippen molar-refractivity contribution in [3.8, 4) is 0 Å². The molecule has 0 aliphatic heterocycles. The summed E-state index contributed by atoms with van der Waals surface area (Å²) in [7, 11) is 0. The smallest absolute Gasteiger partial charge is 0.224 e. The van der Waals surface area contributed by atoms with Crippen LogP contribution in [0.4, 0.5) is 4.39 Å². The molecule has 1 aliphatic rings. The molecule has 1 aromatic rings. The van der Waals surface area contributed by atoms with Gasteiger partial charge in [0.2, 0.25) is 5.91 Å². The number of carbonyl (C=O) groups excluding carboxylic acids is 1. The van der Waals surface area contributed by atoms with Gasteiger partial charge >= 0.3 is 0 Å². The van der Waals surface area contributed by atoms with Gasteiger partial charge < -0.3 is 11.1 Å². The number of thiocarbonyl (C=S) groups is 1. The van der Waals surface area contributed by atoms with E-state index in [9.17, 15) is 9.18 Å². The Labute approximate surface area is 127 Å². The van der Waals surface area contributed by atoms with E-state index in [0.717, 1.165) is 19.3 Å². The van der Waals surface area contributed by atoms with E-state index in [1.807, 2.05) is 0 Å². The first-order valence-electron chi connectivity index (χ1n) is 6.50. The first-order chi connectivity index (χ1) is 9.49. The summed E-state index contributed by atoms with van der Waals surface area (Å²) in [5.74, 6) is -0.694. The van der Waals surface area contributed by atoms with Gasteiger partial charge in [0.15, 0.2) is 0 Å². The molecule has 1 fully saturated rings. The Balaban J connectivity index is 2.01. The van der Waals surface area contributed by atoms with Gasteiger partial charge in [0, 0.05) is 22.5 Å². The normalized spacial score (nSPS) is 21.7. The van der Waals surface area contributed by atoms with Gasteiger partial charge in [0.1, 0.15) is 5.82 Å². The minimum Gasteiger partial charge on any atom is -0.393 e. The fourth-order valence-corrected chi connectivity index (χ4v) is 3.10. The molecule has 0 bridgehead atoms. The van der Waals surface area contributed by atoms with Crippen molar-refractivity contribution in [3.63, 3.8) is 0 Å². The summed E-state index contributed by atoms with van der Waals surface area (Å²) < 4.78 is 13.6. The van der Waals surface area contributed by atoms with Crippen molar-refractivity contribution in [1.29, 1.82) is 0 Å². The van der Waals surface area contributed by atoms with Crippen LogP contribution in [0.3, 0.4) is 0 Å². The minimum atomic E-state index is -0.468. The highest BCUT2D eigenvalue weighted by molar-refractivity contribution is 7.80. The summed E-state index contributed by atoms with van der Waals surface area (Å²) >= 11 is 10.9. The quantitative estimate of drug-likeness (QED) is 0.840. The van der Waals surface area contributed by atoms with E-state index in [1.165, 1.54) is 12.1 Å². The molecule has 0 heterocycles. The Bertz CT molecular complexity index is 518. The molecular formula is C14H16ClFN2OS. The highest BCUT2D eigenvalue weighted by Crippen LogP contribution is 2.26. The first-order valence-corrected chi connectivity index (χ1v) is 7.29. The Hall–Kier alpha value is -1.20. The zero-order valence-electron chi connectivity index (χ0n) is 10.9. The van der Waals surface area contributed by atoms with Crippen LogP contribution in [0.5, 0.6) is 0 Å². The predicted molar refractivity (Wildman–Crippen MR) is 81.2 cm³/mol. The molecule has 1 aromatic carbocycles. The molecule has 6 heteroatoms. The van der Waals surface area contributed by atoms with Crippen molar-refractivity contribution in [1.82, 2.24) is 5.32 Å². The number of hydrogen-bond acceptors (Lipinski definition) is 2. The summed E-state index contributed by atoms with van der Waals surface area (Å²) in [6.07, 6.45) is 2.64. The third-order valence-corrected chi connectivity index (χ3v) is 4.28. The van der Waals surface area contributed by atoms with E-state index in [2.05, 4.69) is 5.32 Å². The van der Waals surface area contributed by atoms with E-state index in [4.69, 9.17) is 29.6 Å². The molecule has 0 radical (unpaired) electrons. The number of halogens is 2. The fourth-order valence-electron chi connectivity index (χ4n) is 2.59. The zero-order valence-corrected chi connectivity index (χ0v) is 12.4. The number of carbonyl (C=O) groups is 1. The Morgan fingerprint density at radius 3 is 2.90 bits per heavy atom. The van der Waals surface area contributed by atoms with Crippen LogP contribution in [0.15, 0.2) is 18.2 Å². The van der Waals surface area contributed by atoms with E-state index in [1.54, 1.807) is 6.07 Å². The number of benzene rings is 1. The van der Waals surface area contributed by atoms with Gasteiger partial charge in [0.25, 0.3) is 0 Å². The van der Waals surface area contributed by atoms with Crippen LogP contribution in [-0.2, 0) is 11.2 Å². The van der Waals surface area contributed by atoms with Gasteiger partial charge in [-0.1, -0.05) is 36.3 Å². The average molecular weight is 315 g/mol. The van der Waals surface area contributed by atoms with Crippen molar-refractivity contribution in [2.24, 2.45) is 11.7 Å². The molecule has 3 N–H and O–H groups in total. The summed E-state index contributed by atoms with van der Waals surface area (Å²) in [5, 5.41) is 3.14. The van der Waals surface area contributed by atoms with Crippen LogP contribution in [0.1, 0.15) is 24.8 Å². The maximum Gasteiger partial charge on any atom is 0.224 e. The maximum atomic E-state index is 13.6. The Morgan fingerprint density at radius 2 is 2.25 bits per heavy atom. The number of hydrogen-bond donors (Lipinski definition) is 2. The van der Waals surface area contributed by atoms with Gasteiger partial charge in [-0.2, -0.15) is 0 Å². The van der Waals surface area contributed by atoms with Gasteiger partial charge in [-0.15, -0.1) is 0 Å². The first kappa shape index (κ1) is 15.2. The standard InChI is InChI=1S/C14H16ClFN2OS/c15-10-4-2-5-11(16)9(10)7-13(19)18-12-6-1-3-8(12)14(17)20/h2,4-5,8,12H,1,3,6-7H2,(H2,17,20)(H,18,19). The topological polar surface area (TPSA) is 55.1 Å². The Kier molecular flexibility index (Phi) is 4.94. The summed E-state index contributed by atoms with van der Waals surface area (Å²) in [5.41, 5.74) is 5.88. The van der Waals surface area contributed by atoms with E-state index in [-0.39, 0.29) is 34.9 Å². The molecule has 0 saturated heterocycles. The lowest BCUT2D eigenvalue weighted by molar-refractivity contribution is -0.121. The molecule has 108 valence electrons. The van der Waals surface area contributed by atoms with E-state index >= 15 is 0 Å². The van der Waals surface area contributed by atoms with Crippen molar-refractivity contribution < 1.29 is 9.18 Å². The van der Waals surface area contributed by atoms with Gasteiger partial charge in [0.05, 0.1) is 11.4 Å². The van der Waals surface area contributed by atoms with Gasteiger partial charge in [-0.3, -0.25) is 4.79 Å². The molecule has 1 saturated carbocycles. The number of nitrogens with two attached hydrogens (primary N) is 1. The van der Waals surface area contributed by atoms with Crippen molar-refractivity contribution in [2.45, 2.75) is 31.7 Å². The Morgan fingerprint density at radius 1 is 1.50 bits per heavy atom. The minimum absolute atomic E-state index is 0.0324. The van der Waals surface area contributed by atoms with E-state index < -0.39 is 5.82 Å². The van der Waals surface area contributed by atoms with Crippen LogP contribution in [0.25, 0.3) is 0 Å². The third-order valence-electron chi connectivity index (χ3n) is 3.63. The van der Waals surface area contributed by atoms with Crippen molar-refractivity contribution in [2.75, 3.05) is 0 Å². The summed E-state index contributed by atoms with van der Waals surface area (Å²) in [4.78, 5) is 12.4. The molecule has 2 unspecified atom stereocenters. The number of nitrogens with one attached hydrogen (secondary N) is 1. The zero-order chi connectivity index (χ0) is 14.7. The number of rotatable bonds is 4. The average Bonchev–Trinajstić information content (AvgIpc) is 2.82. The fraction of sp³-hybridized carbons (Fsp3) is 0.429. The van der Waals surface area contributed by atoms with Crippen molar-refractivity contribution >= 4 is 34.7 Å². The van der Waals surface area contributed by atoms with Gasteiger partial charge in [-0.05, 0) is 25.0 Å². The lowest BCUT2D eigenvalue weighted by Crippen LogP contribution is -2.42. The van der Waals surface area contributed by atoms with Crippen LogP contribution >= 0.6 is 23.8 Å². The predicted octanol–water partition coefficient (Wildman–Crippen LogP) is 2.59. The highest BCUT2D eigenvalue weighted by atomic mass is 35.5. The summed E-state index contributed by atoms with van der Waals surface area (Å²) in [6, 6.07) is 4.33. The second-order valence-corrected chi connectivity index (χ2v) is 5.87. The molecule has 2 rings (SSSR count). The molecule has 1 amide bonds. The van der Waals surface area contributed by atoms with Crippen molar-refractivity contribution in [3.05, 3.63) is 34.6 Å². The summed E-state index contributed by atoms with van der Waals surface area (Å²) in [6.45, 7) is 0. The molecule has 1 aliphatic carbocycles. The van der Waals surface area contributed by atoms with Crippen LogP contribution < -0.4 is 11.1 Å². The highest BCUT2D eigenvalue weighted by Gasteiger charge is 2.30. The maximum absolute atomic E-state index is 13.6. The van der Waals surface area contributed by atoms with E-state index in [0.29, 0.717) is 4.99 Å². The van der Waals surface area contributed by atoms with Crippen LogP contribution in [0.2, 0.25) is 5.02 Å². The second kappa shape index (κ2) is 6.50. The number of amides is 1. The lowest BCUT2D eigenvalue weighted by atomic mass is 10.0. The molecule has 0 aromatic heterocycles. The lowest BCUT2D eigenvalue weighted by Gasteiger charge is -2.20. The third kappa shape index (κ3) is 3.46. The van der Waals surface area contributed by atoms with Gasteiger partial charge in [-0.25, -0.2) is 4.39 Å². The molecule has 0 spiro atoms. The molecule has 3 nitrogen and oxygen atoms in total. The molecule has 20 heavy (non-hydrogen) atoms. The second-order valence-electron chi connectivity index (χ2n) is 4.99. The largest absolute Gasteiger partial charge is 0.393 e. The molecule has 2 atom stereocenters.